The Balaban J connectivity index is 1.81. The van der Waals surface area contributed by atoms with Crippen molar-refractivity contribution in [2.24, 2.45) is 0 Å². The van der Waals surface area contributed by atoms with E-state index in [1.807, 2.05) is 0 Å². The fourth-order valence-corrected chi connectivity index (χ4v) is 3.75. The number of aromatic nitrogens is 2. The van der Waals surface area contributed by atoms with Crippen molar-refractivity contribution in [3.8, 4) is 28.1 Å². The van der Waals surface area contributed by atoms with E-state index in [0.717, 1.165) is 5.52 Å². The molecule has 130 valence electrons. The quantitative estimate of drug-likeness (QED) is 0.379. The van der Waals surface area contributed by atoms with Crippen LogP contribution in [0.2, 0.25) is 0 Å². The van der Waals surface area contributed by atoms with Crippen molar-refractivity contribution in [1.82, 2.24) is 9.55 Å². The van der Waals surface area contributed by atoms with Crippen LogP contribution in [-0.4, -0.2) is 9.55 Å². The van der Waals surface area contributed by atoms with Crippen LogP contribution in [0.1, 0.15) is 5.56 Å². The van der Waals surface area contributed by atoms with Crippen molar-refractivity contribution < 1.29 is 0 Å². The number of H-pyrrole nitrogens is 1. The van der Waals surface area contributed by atoms with E-state index in [1.165, 1.54) is 39.0 Å². The first-order chi connectivity index (χ1) is 13.3. The van der Waals surface area contributed by atoms with Crippen LogP contribution in [0.4, 0.5) is 0 Å². The topological polar surface area (TPSA) is 20.7 Å². The summed E-state index contributed by atoms with van der Waals surface area (Å²) in [5.74, 6) is 0. The van der Waals surface area contributed by atoms with Gasteiger partial charge in [0.2, 0.25) is 0 Å². The first-order valence-electron chi connectivity index (χ1n) is 9.21. The third-order valence-corrected chi connectivity index (χ3v) is 5.13. The summed E-state index contributed by atoms with van der Waals surface area (Å²) >= 11 is 0. The average Bonchev–Trinajstić information content (AvgIpc) is 3.33. The van der Waals surface area contributed by atoms with Crippen molar-refractivity contribution in [2.45, 2.75) is 6.92 Å². The SMILES string of the molecule is Cc1ccc(-n2ccc(-c3ccccc3)c2-c2c[nH]c3ccccc23)cc1. The van der Waals surface area contributed by atoms with Gasteiger partial charge in [-0.1, -0.05) is 66.2 Å². The van der Waals surface area contributed by atoms with Crippen molar-refractivity contribution in [2.75, 3.05) is 0 Å². The summed E-state index contributed by atoms with van der Waals surface area (Å²) in [5, 5.41) is 1.24. The number of para-hydroxylation sites is 1. The van der Waals surface area contributed by atoms with Gasteiger partial charge >= 0.3 is 0 Å². The predicted molar refractivity (Wildman–Crippen MR) is 113 cm³/mol. The molecule has 1 N–H and O–H groups in total. The first-order valence-corrected chi connectivity index (χ1v) is 9.21. The highest BCUT2D eigenvalue weighted by atomic mass is 15.0. The lowest BCUT2D eigenvalue weighted by Gasteiger charge is -2.12. The number of aromatic amines is 1. The zero-order chi connectivity index (χ0) is 18.2. The van der Waals surface area contributed by atoms with Gasteiger partial charge < -0.3 is 9.55 Å². The van der Waals surface area contributed by atoms with Gasteiger partial charge in [0.05, 0.1) is 5.69 Å². The van der Waals surface area contributed by atoms with E-state index >= 15 is 0 Å². The van der Waals surface area contributed by atoms with Gasteiger partial charge in [-0.3, -0.25) is 0 Å². The van der Waals surface area contributed by atoms with Gasteiger partial charge in [0.25, 0.3) is 0 Å². The Hall–Kier alpha value is -3.52. The number of benzene rings is 3. The van der Waals surface area contributed by atoms with E-state index in [9.17, 15) is 0 Å². The van der Waals surface area contributed by atoms with E-state index < -0.39 is 0 Å². The van der Waals surface area contributed by atoms with Gasteiger partial charge in [0, 0.05) is 40.1 Å². The van der Waals surface area contributed by atoms with Crippen LogP contribution >= 0.6 is 0 Å². The fraction of sp³-hybridized carbons (Fsp3) is 0.0400. The molecule has 0 unspecified atom stereocenters. The number of nitrogens with one attached hydrogen (secondary N) is 1. The van der Waals surface area contributed by atoms with Gasteiger partial charge in [0.15, 0.2) is 0 Å². The molecule has 2 heterocycles. The van der Waals surface area contributed by atoms with Crippen molar-refractivity contribution in [3.05, 3.63) is 103 Å². The molecule has 0 spiro atoms. The minimum absolute atomic E-state index is 1.16. The highest BCUT2D eigenvalue weighted by Crippen LogP contribution is 2.38. The summed E-state index contributed by atoms with van der Waals surface area (Å²) < 4.78 is 2.29. The molecule has 0 amide bonds. The van der Waals surface area contributed by atoms with Gasteiger partial charge in [-0.15, -0.1) is 0 Å². The van der Waals surface area contributed by atoms with Gasteiger partial charge in [0.1, 0.15) is 0 Å². The number of aryl methyl sites for hydroxylation is 1. The Morgan fingerprint density at radius 1 is 0.704 bits per heavy atom. The fourth-order valence-electron chi connectivity index (χ4n) is 3.75. The van der Waals surface area contributed by atoms with Crippen LogP contribution < -0.4 is 0 Å². The normalized spacial score (nSPS) is 11.1. The maximum Gasteiger partial charge on any atom is 0.0628 e. The molecule has 3 aromatic carbocycles. The Morgan fingerprint density at radius 2 is 1.44 bits per heavy atom. The lowest BCUT2D eigenvalue weighted by atomic mass is 10.0. The van der Waals surface area contributed by atoms with E-state index in [4.69, 9.17) is 0 Å². The highest BCUT2D eigenvalue weighted by Gasteiger charge is 2.17. The van der Waals surface area contributed by atoms with Crippen molar-refractivity contribution >= 4 is 10.9 Å². The van der Waals surface area contributed by atoms with Crippen LogP contribution in [0.15, 0.2) is 97.3 Å². The minimum Gasteiger partial charge on any atom is -0.360 e. The molecule has 0 saturated heterocycles. The van der Waals surface area contributed by atoms with Crippen LogP contribution in [0.25, 0.3) is 39.0 Å². The Morgan fingerprint density at radius 3 is 2.26 bits per heavy atom. The second kappa shape index (κ2) is 6.33. The number of fused-ring (bicyclic) bond motifs is 1. The summed E-state index contributed by atoms with van der Waals surface area (Å²) in [6.45, 7) is 2.12. The summed E-state index contributed by atoms with van der Waals surface area (Å²) in [4.78, 5) is 3.43. The summed E-state index contributed by atoms with van der Waals surface area (Å²) in [5.41, 5.74) is 8.48. The van der Waals surface area contributed by atoms with Crippen LogP contribution in [0.5, 0.6) is 0 Å². The summed E-state index contributed by atoms with van der Waals surface area (Å²) in [7, 11) is 0. The molecule has 0 radical (unpaired) electrons. The molecule has 5 aromatic rings. The standard InChI is InChI=1S/C25H20N2/c1-18-11-13-20(14-12-18)27-16-15-21(19-7-3-2-4-8-19)25(27)23-17-26-24-10-6-5-9-22(23)24/h2-17,26H,1H3. The Labute approximate surface area is 158 Å². The molecule has 0 bridgehead atoms. The molecule has 0 aliphatic heterocycles. The lowest BCUT2D eigenvalue weighted by molar-refractivity contribution is 1.09. The maximum atomic E-state index is 3.43. The summed E-state index contributed by atoms with van der Waals surface area (Å²) in [6.07, 6.45) is 4.29. The molecule has 0 aliphatic rings. The zero-order valence-corrected chi connectivity index (χ0v) is 15.2. The van der Waals surface area contributed by atoms with Crippen molar-refractivity contribution in [1.29, 1.82) is 0 Å². The van der Waals surface area contributed by atoms with E-state index in [1.54, 1.807) is 0 Å². The zero-order valence-electron chi connectivity index (χ0n) is 15.2. The number of rotatable bonds is 3. The van der Waals surface area contributed by atoms with Crippen molar-refractivity contribution in [3.63, 3.8) is 0 Å². The summed E-state index contributed by atoms with van der Waals surface area (Å²) in [6, 6.07) is 30.0. The Kier molecular flexibility index (Phi) is 3.68. The minimum atomic E-state index is 1.16. The Bertz CT molecular complexity index is 1210. The third kappa shape index (κ3) is 2.67. The molecule has 27 heavy (non-hydrogen) atoms. The molecular formula is C25H20N2. The maximum absolute atomic E-state index is 3.43. The monoisotopic (exact) mass is 348 g/mol. The molecule has 2 aromatic heterocycles. The van der Waals surface area contributed by atoms with Gasteiger partial charge in [-0.05, 0) is 36.8 Å². The van der Waals surface area contributed by atoms with E-state index in [2.05, 4.69) is 114 Å². The lowest BCUT2D eigenvalue weighted by Crippen LogP contribution is -1.96. The molecule has 0 fully saturated rings. The number of hydrogen-bond acceptors (Lipinski definition) is 0. The molecule has 0 saturated carbocycles. The van der Waals surface area contributed by atoms with Crippen LogP contribution in [0, 0.1) is 6.92 Å². The number of nitrogens with zero attached hydrogens (tertiary/aromatic N) is 1. The molecular weight excluding hydrogens is 328 g/mol. The van der Waals surface area contributed by atoms with E-state index in [-0.39, 0.29) is 0 Å². The van der Waals surface area contributed by atoms with Crippen LogP contribution in [0.3, 0.4) is 0 Å². The molecule has 0 atom stereocenters. The molecule has 2 nitrogen and oxygen atoms in total. The smallest absolute Gasteiger partial charge is 0.0628 e. The van der Waals surface area contributed by atoms with E-state index in [0.29, 0.717) is 0 Å². The largest absolute Gasteiger partial charge is 0.360 e. The first kappa shape index (κ1) is 15.7. The average molecular weight is 348 g/mol. The molecule has 2 heteroatoms. The van der Waals surface area contributed by atoms with Crippen LogP contribution in [-0.2, 0) is 0 Å². The van der Waals surface area contributed by atoms with Gasteiger partial charge in [-0.2, -0.15) is 0 Å². The third-order valence-electron chi connectivity index (χ3n) is 5.13. The van der Waals surface area contributed by atoms with Gasteiger partial charge in [-0.25, -0.2) is 0 Å². The molecule has 5 rings (SSSR count). The second-order valence-electron chi connectivity index (χ2n) is 6.90. The second-order valence-corrected chi connectivity index (χ2v) is 6.90. The number of hydrogen-bond donors (Lipinski definition) is 1. The molecule has 0 aliphatic carbocycles. The predicted octanol–water partition coefficient (Wildman–Crippen LogP) is 6.60. The highest BCUT2D eigenvalue weighted by molar-refractivity contribution is 5.99.